The van der Waals surface area contributed by atoms with Crippen LogP contribution in [0.3, 0.4) is 0 Å². The molecule has 4 heteroatoms. The van der Waals surface area contributed by atoms with Crippen LogP contribution in [0.2, 0.25) is 0 Å². The Morgan fingerprint density at radius 2 is 2.06 bits per heavy atom. The minimum absolute atomic E-state index is 0.0412. The van der Waals surface area contributed by atoms with Crippen LogP contribution in [0.5, 0.6) is 0 Å². The van der Waals surface area contributed by atoms with E-state index in [9.17, 15) is 4.79 Å². The maximum Gasteiger partial charge on any atom is 0.239 e. The van der Waals surface area contributed by atoms with Crippen LogP contribution in [0.25, 0.3) is 0 Å². The molecule has 0 aromatic carbocycles. The Labute approximate surface area is 103 Å². The molecule has 1 aromatic rings. The maximum absolute atomic E-state index is 12.0. The molecule has 0 radical (unpaired) electrons. The van der Waals surface area contributed by atoms with Crippen molar-refractivity contribution in [1.82, 2.24) is 10.2 Å². The van der Waals surface area contributed by atoms with Gasteiger partial charge in [0.1, 0.15) is 5.76 Å². The Morgan fingerprint density at radius 1 is 1.41 bits per heavy atom. The van der Waals surface area contributed by atoms with Crippen molar-refractivity contribution in [3.05, 3.63) is 24.2 Å². The highest BCUT2D eigenvalue weighted by Gasteiger charge is 2.20. The molecule has 0 aliphatic rings. The third-order valence-electron chi connectivity index (χ3n) is 2.92. The molecule has 0 aliphatic heterocycles. The van der Waals surface area contributed by atoms with E-state index >= 15 is 0 Å². The van der Waals surface area contributed by atoms with E-state index in [0.717, 1.165) is 18.8 Å². The standard InChI is InChI=1S/C13H22N2O2/c1-5-15(6-2)13(16)11(4)14-10(3)12-8-7-9-17-12/h7-11,14H,5-6H2,1-4H3/t10-,11?/m0/s1. The molecule has 1 unspecified atom stereocenters. The molecule has 2 atom stereocenters. The van der Waals surface area contributed by atoms with Crippen LogP contribution in [0, 0.1) is 0 Å². The van der Waals surface area contributed by atoms with E-state index in [2.05, 4.69) is 5.32 Å². The number of furan rings is 1. The molecule has 1 N–H and O–H groups in total. The van der Waals surface area contributed by atoms with Gasteiger partial charge in [-0.2, -0.15) is 0 Å². The van der Waals surface area contributed by atoms with Gasteiger partial charge in [-0.1, -0.05) is 0 Å². The molecule has 1 heterocycles. The first-order valence-corrected chi connectivity index (χ1v) is 6.18. The highest BCUT2D eigenvalue weighted by molar-refractivity contribution is 5.81. The summed E-state index contributed by atoms with van der Waals surface area (Å²) >= 11 is 0. The van der Waals surface area contributed by atoms with E-state index in [0.29, 0.717) is 0 Å². The Bertz CT molecular complexity index is 331. The molecule has 1 amide bonds. The van der Waals surface area contributed by atoms with Crippen LogP contribution in [0.15, 0.2) is 22.8 Å². The van der Waals surface area contributed by atoms with Gasteiger partial charge in [0.05, 0.1) is 18.3 Å². The minimum atomic E-state index is -0.199. The van der Waals surface area contributed by atoms with Crippen LogP contribution in [-0.2, 0) is 4.79 Å². The zero-order valence-corrected chi connectivity index (χ0v) is 11.1. The lowest BCUT2D eigenvalue weighted by Gasteiger charge is -2.25. The molecule has 17 heavy (non-hydrogen) atoms. The van der Waals surface area contributed by atoms with Crippen LogP contribution in [0.1, 0.15) is 39.5 Å². The van der Waals surface area contributed by atoms with Crippen molar-refractivity contribution in [1.29, 1.82) is 0 Å². The van der Waals surface area contributed by atoms with E-state index in [-0.39, 0.29) is 18.0 Å². The number of likely N-dealkylation sites (N-methyl/N-ethyl adjacent to an activating group) is 1. The predicted molar refractivity (Wildman–Crippen MR) is 67.6 cm³/mol. The number of carbonyl (C=O) groups is 1. The Morgan fingerprint density at radius 3 is 2.53 bits per heavy atom. The molecule has 96 valence electrons. The van der Waals surface area contributed by atoms with E-state index in [1.807, 2.05) is 44.7 Å². The Kier molecular flexibility index (Phi) is 5.22. The lowest BCUT2D eigenvalue weighted by Crippen LogP contribution is -2.45. The zero-order valence-electron chi connectivity index (χ0n) is 11.1. The first-order chi connectivity index (χ1) is 8.10. The molecule has 0 aliphatic carbocycles. The number of amides is 1. The van der Waals surface area contributed by atoms with Crippen molar-refractivity contribution < 1.29 is 9.21 Å². The largest absolute Gasteiger partial charge is 0.468 e. The smallest absolute Gasteiger partial charge is 0.239 e. The number of carbonyl (C=O) groups excluding carboxylic acids is 1. The fourth-order valence-corrected chi connectivity index (χ4v) is 1.88. The van der Waals surface area contributed by atoms with E-state index in [1.54, 1.807) is 6.26 Å². The van der Waals surface area contributed by atoms with E-state index in [4.69, 9.17) is 4.42 Å². The molecule has 0 spiro atoms. The topological polar surface area (TPSA) is 45.5 Å². The third kappa shape index (κ3) is 3.60. The van der Waals surface area contributed by atoms with Gasteiger partial charge in [0.25, 0.3) is 0 Å². The van der Waals surface area contributed by atoms with Crippen LogP contribution in [0.4, 0.5) is 0 Å². The summed E-state index contributed by atoms with van der Waals surface area (Å²) in [6, 6.07) is 3.60. The summed E-state index contributed by atoms with van der Waals surface area (Å²) in [5.74, 6) is 0.984. The van der Waals surface area contributed by atoms with Gasteiger partial charge < -0.3 is 9.32 Å². The quantitative estimate of drug-likeness (QED) is 0.826. The first-order valence-electron chi connectivity index (χ1n) is 6.18. The van der Waals surface area contributed by atoms with Gasteiger partial charge in [0, 0.05) is 13.1 Å². The highest BCUT2D eigenvalue weighted by atomic mass is 16.3. The van der Waals surface area contributed by atoms with Gasteiger partial charge in [0.15, 0.2) is 0 Å². The van der Waals surface area contributed by atoms with E-state index in [1.165, 1.54) is 0 Å². The van der Waals surface area contributed by atoms with Gasteiger partial charge in [0.2, 0.25) is 5.91 Å². The molecule has 1 aromatic heterocycles. The normalized spacial score (nSPS) is 14.4. The number of hydrogen-bond acceptors (Lipinski definition) is 3. The summed E-state index contributed by atoms with van der Waals surface area (Å²) in [5.41, 5.74) is 0. The first kappa shape index (κ1) is 13.8. The Balaban J connectivity index is 2.54. The Hall–Kier alpha value is -1.29. The predicted octanol–water partition coefficient (Wildman–Crippen LogP) is 2.19. The SMILES string of the molecule is CCN(CC)C(=O)C(C)N[C@@H](C)c1ccco1. The fourth-order valence-electron chi connectivity index (χ4n) is 1.88. The van der Waals surface area contributed by atoms with Gasteiger partial charge in [-0.15, -0.1) is 0 Å². The molecule has 4 nitrogen and oxygen atoms in total. The summed E-state index contributed by atoms with van der Waals surface area (Å²) in [6.45, 7) is 9.35. The van der Waals surface area contributed by atoms with Gasteiger partial charge in [-0.05, 0) is 39.8 Å². The van der Waals surface area contributed by atoms with Gasteiger partial charge in [-0.25, -0.2) is 0 Å². The third-order valence-corrected chi connectivity index (χ3v) is 2.92. The van der Waals surface area contributed by atoms with Crippen molar-refractivity contribution in [2.45, 2.75) is 39.8 Å². The summed E-state index contributed by atoms with van der Waals surface area (Å²) < 4.78 is 5.30. The lowest BCUT2D eigenvalue weighted by molar-refractivity contribution is -0.132. The van der Waals surface area contributed by atoms with Crippen molar-refractivity contribution in [3.63, 3.8) is 0 Å². The van der Waals surface area contributed by atoms with Crippen molar-refractivity contribution >= 4 is 5.91 Å². The van der Waals surface area contributed by atoms with Crippen molar-refractivity contribution in [2.75, 3.05) is 13.1 Å². The van der Waals surface area contributed by atoms with Crippen LogP contribution in [-0.4, -0.2) is 29.9 Å². The minimum Gasteiger partial charge on any atom is -0.468 e. The molecule has 0 fully saturated rings. The number of hydrogen-bond donors (Lipinski definition) is 1. The second kappa shape index (κ2) is 6.45. The summed E-state index contributed by atoms with van der Waals surface area (Å²) in [6.07, 6.45) is 1.64. The summed E-state index contributed by atoms with van der Waals surface area (Å²) in [4.78, 5) is 13.9. The van der Waals surface area contributed by atoms with Crippen LogP contribution < -0.4 is 5.32 Å². The van der Waals surface area contributed by atoms with Gasteiger partial charge in [-0.3, -0.25) is 10.1 Å². The zero-order chi connectivity index (χ0) is 12.8. The summed E-state index contributed by atoms with van der Waals surface area (Å²) in [5, 5.41) is 3.25. The number of nitrogens with zero attached hydrogens (tertiary/aromatic N) is 1. The molecular formula is C13H22N2O2. The van der Waals surface area contributed by atoms with Gasteiger partial charge >= 0.3 is 0 Å². The molecule has 0 saturated heterocycles. The molecule has 0 bridgehead atoms. The van der Waals surface area contributed by atoms with Crippen molar-refractivity contribution in [2.24, 2.45) is 0 Å². The molecule has 1 rings (SSSR count). The fraction of sp³-hybridized carbons (Fsp3) is 0.615. The average Bonchev–Trinajstić information content (AvgIpc) is 2.83. The monoisotopic (exact) mass is 238 g/mol. The average molecular weight is 238 g/mol. The van der Waals surface area contributed by atoms with E-state index < -0.39 is 0 Å². The van der Waals surface area contributed by atoms with Crippen LogP contribution >= 0.6 is 0 Å². The number of nitrogens with one attached hydrogen (secondary N) is 1. The molecule has 0 saturated carbocycles. The van der Waals surface area contributed by atoms with Crippen molar-refractivity contribution in [3.8, 4) is 0 Å². The maximum atomic E-state index is 12.0. The second-order valence-corrected chi connectivity index (χ2v) is 4.14. The number of rotatable bonds is 6. The summed E-state index contributed by atoms with van der Waals surface area (Å²) in [7, 11) is 0. The highest BCUT2D eigenvalue weighted by Crippen LogP contribution is 2.13. The second-order valence-electron chi connectivity index (χ2n) is 4.14. The molecular weight excluding hydrogens is 216 g/mol. The lowest BCUT2D eigenvalue weighted by atomic mass is 10.2.